The Morgan fingerprint density at radius 1 is 1.02 bits per heavy atom. The Bertz CT molecular complexity index is 1870. The summed E-state index contributed by atoms with van der Waals surface area (Å²) >= 11 is 0. The molecule has 1 saturated carbocycles. The van der Waals surface area contributed by atoms with E-state index in [0.29, 0.717) is 34.2 Å². The van der Waals surface area contributed by atoms with Crippen LogP contribution in [-0.2, 0) is 0 Å². The fourth-order valence-electron chi connectivity index (χ4n) is 6.09. The summed E-state index contributed by atoms with van der Waals surface area (Å²) in [6.07, 6.45) is 12.3. The Balaban J connectivity index is 0.000000674. The van der Waals surface area contributed by atoms with Gasteiger partial charge in [0, 0.05) is 74.1 Å². The minimum absolute atomic E-state index is 0.0307. The van der Waals surface area contributed by atoms with Crippen LogP contribution in [-0.4, -0.2) is 51.5 Å². The van der Waals surface area contributed by atoms with E-state index < -0.39 is 0 Å². The Labute approximate surface area is 276 Å². The largest absolute Gasteiger partial charge is 0.440 e. The van der Waals surface area contributed by atoms with Gasteiger partial charge < -0.3 is 24.5 Å². The van der Waals surface area contributed by atoms with Crippen LogP contribution in [0.3, 0.4) is 0 Å². The molecule has 1 aromatic carbocycles. The van der Waals surface area contributed by atoms with Crippen molar-refractivity contribution in [1.82, 2.24) is 24.8 Å². The van der Waals surface area contributed by atoms with Crippen LogP contribution < -0.4 is 21.0 Å². The number of nitrogens with zero attached hydrogens (tertiary/aromatic N) is 5. The highest BCUT2D eigenvalue weighted by Gasteiger charge is 2.24. The SMILES string of the molecule is CC.CC(=O)c1cc2cnc(Nc3cncc(-c4cccc5c(=O)cc(N6CCNCC6)oc45)c3)nc2n1C1CCCC1.CCCC. The van der Waals surface area contributed by atoms with Crippen LogP contribution in [0, 0.1) is 0 Å². The molecular formula is C37H47N7O3. The zero-order chi connectivity index (χ0) is 33.3. The van der Waals surface area contributed by atoms with Gasteiger partial charge in [0.25, 0.3) is 0 Å². The maximum absolute atomic E-state index is 13.0. The summed E-state index contributed by atoms with van der Waals surface area (Å²) < 4.78 is 8.45. The van der Waals surface area contributed by atoms with Gasteiger partial charge in [-0.1, -0.05) is 65.5 Å². The highest BCUT2D eigenvalue weighted by Crippen LogP contribution is 2.35. The van der Waals surface area contributed by atoms with Gasteiger partial charge in [0.1, 0.15) is 11.2 Å². The molecule has 7 rings (SSSR count). The van der Waals surface area contributed by atoms with Crippen LogP contribution in [0.5, 0.6) is 0 Å². The third-order valence-corrected chi connectivity index (χ3v) is 8.60. The molecule has 0 amide bonds. The highest BCUT2D eigenvalue weighted by molar-refractivity contribution is 5.98. The van der Waals surface area contributed by atoms with E-state index in [1.165, 1.54) is 12.8 Å². The van der Waals surface area contributed by atoms with Crippen molar-refractivity contribution in [2.45, 2.75) is 79.2 Å². The van der Waals surface area contributed by atoms with Crippen molar-refractivity contribution in [2.75, 3.05) is 36.4 Å². The minimum atomic E-state index is -0.0687. The quantitative estimate of drug-likeness (QED) is 0.172. The lowest BCUT2D eigenvalue weighted by atomic mass is 10.0. The lowest BCUT2D eigenvalue weighted by molar-refractivity contribution is 0.100. The summed E-state index contributed by atoms with van der Waals surface area (Å²) in [5.41, 5.74) is 4.20. The van der Waals surface area contributed by atoms with Crippen molar-refractivity contribution >= 4 is 45.3 Å². The summed E-state index contributed by atoms with van der Waals surface area (Å²) in [7, 11) is 0. The van der Waals surface area contributed by atoms with Crippen molar-refractivity contribution < 1.29 is 9.21 Å². The highest BCUT2D eigenvalue weighted by atomic mass is 16.4. The molecule has 0 unspecified atom stereocenters. The lowest BCUT2D eigenvalue weighted by Gasteiger charge is -2.27. The molecule has 2 fully saturated rings. The van der Waals surface area contributed by atoms with Gasteiger partial charge in [0.15, 0.2) is 17.1 Å². The first-order chi connectivity index (χ1) is 23.0. The predicted octanol–water partition coefficient (Wildman–Crippen LogP) is 7.90. The number of hydrogen-bond acceptors (Lipinski definition) is 9. The number of fused-ring (bicyclic) bond motifs is 2. The Hall–Kier alpha value is -4.57. The molecule has 1 aliphatic heterocycles. The third kappa shape index (κ3) is 7.54. The smallest absolute Gasteiger partial charge is 0.229 e. The van der Waals surface area contributed by atoms with Gasteiger partial charge >= 0.3 is 0 Å². The lowest BCUT2D eigenvalue weighted by Crippen LogP contribution is -2.43. The van der Waals surface area contributed by atoms with E-state index in [1.807, 2.05) is 38.1 Å². The fraction of sp³-hybridized carbons (Fsp3) is 0.432. The number of pyridine rings is 1. The molecule has 0 bridgehead atoms. The molecule has 5 heterocycles. The zero-order valence-electron chi connectivity index (χ0n) is 28.3. The Morgan fingerprint density at radius 3 is 2.47 bits per heavy atom. The molecule has 248 valence electrons. The topological polar surface area (TPSA) is 118 Å². The van der Waals surface area contributed by atoms with E-state index in [-0.39, 0.29) is 17.3 Å². The molecule has 0 radical (unpaired) electrons. The standard InChI is InChI=1S/C31H31N7O3.C4H10.C2H6/c1-19(39)26-14-21-17-34-31(36-30(21)38(26)23-5-2-3-6-23)35-22-13-20(16-33-18-22)24-7-4-8-25-27(40)15-28(41-29(24)25)37-11-9-32-10-12-37;1-3-4-2;1-2/h4,7-8,13-18,23,32H,2-3,5-6,9-12H2,1H3,(H,34,35,36);3-4H2,1-2H3;1-2H3. The van der Waals surface area contributed by atoms with Crippen LogP contribution in [0.2, 0.25) is 0 Å². The number of anilines is 3. The number of piperazine rings is 1. The number of ketones is 1. The molecule has 10 heteroatoms. The molecule has 10 nitrogen and oxygen atoms in total. The second-order valence-corrected chi connectivity index (χ2v) is 11.8. The van der Waals surface area contributed by atoms with Gasteiger partial charge in [0.05, 0.1) is 23.0 Å². The maximum atomic E-state index is 13.0. The van der Waals surface area contributed by atoms with Crippen LogP contribution >= 0.6 is 0 Å². The van der Waals surface area contributed by atoms with E-state index in [4.69, 9.17) is 9.40 Å². The number of benzene rings is 1. The van der Waals surface area contributed by atoms with Crippen LogP contribution in [0.1, 0.15) is 89.7 Å². The van der Waals surface area contributed by atoms with Gasteiger partial charge in [-0.2, -0.15) is 4.98 Å². The number of unbranched alkanes of at least 4 members (excludes halogenated alkanes) is 1. The van der Waals surface area contributed by atoms with Crippen molar-refractivity contribution in [3.63, 3.8) is 0 Å². The van der Waals surface area contributed by atoms with Gasteiger partial charge in [0.2, 0.25) is 5.95 Å². The second-order valence-electron chi connectivity index (χ2n) is 11.8. The van der Waals surface area contributed by atoms with E-state index in [0.717, 1.165) is 74.0 Å². The molecule has 0 atom stereocenters. The first-order valence-electron chi connectivity index (χ1n) is 17.1. The maximum Gasteiger partial charge on any atom is 0.229 e. The minimum Gasteiger partial charge on any atom is -0.440 e. The number of Topliss-reactive ketones (excluding diaryl/α,β-unsaturated/α-hetero) is 1. The van der Waals surface area contributed by atoms with E-state index in [9.17, 15) is 9.59 Å². The van der Waals surface area contributed by atoms with Gasteiger partial charge in [-0.25, -0.2) is 4.98 Å². The van der Waals surface area contributed by atoms with Gasteiger partial charge in [-0.15, -0.1) is 0 Å². The summed E-state index contributed by atoms with van der Waals surface area (Å²) in [6.45, 7) is 13.2. The van der Waals surface area contributed by atoms with Crippen molar-refractivity contribution in [3.05, 3.63) is 70.9 Å². The number of aromatic nitrogens is 4. The zero-order valence-corrected chi connectivity index (χ0v) is 28.3. The molecule has 47 heavy (non-hydrogen) atoms. The number of carbonyl (C=O) groups is 1. The molecule has 2 aliphatic rings. The molecule has 1 saturated heterocycles. The van der Waals surface area contributed by atoms with Crippen molar-refractivity contribution in [2.24, 2.45) is 0 Å². The van der Waals surface area contributed by atoms with Crippen LogP contribution in [0.4, 0.5) is 17.5 Å². The molecule has 2 N–H and O–H groups in total. The first-order valence-corrected chi connectivity index (χ1v) is 17.1. The summed E-state index contributed by atoms with van der Waals surface area (Å²) in [5.74, 6) is 1.04. The number of para-hydroxylation sites is 1. The third-order valence-electron chi connectivity index (χ3n) is 8.60. The van der Waals surface area contributed by atoms with E-state index in [2.05, 4.69) is 43.9 Å². The Morgan fingerprint density at radius 2 is 1.77 bits per heavy atom. The van der Waals surface area contributed by atoms with Crippen molar-refractivity contribution in [1.29, 1.82) is 0 Å². The average Bonchev–Trinajstić information content (AvgIpc) is 3.78. The summed E-state index contributed by atoms with van der Waals surface area (Å²) in [4.78, 5) is 41.4. The monoisotopic (exact) mass is 637 g/mol. The second kappa shape index (κ2) is 15.8. The fourth-order valence-corrected chi connectivity index (χ4v) is 6.09. The van der Waals surface area contributed by atoms with E-state index >= 15 is 0 Å². The average molecular weight is 638 g/mol. The van der Waals surface area contributed by atoms with Crippen molar-refractivity contribution in [3.8, 4) is 11.1 Å². The van der Waals surface area contributed by atoms with Crippen LogP contribution in [0.25, 0.3) is 33.1 Å². The number of rotatable bonds is 7. The van der Waals surface area contributed by atoms with Crippen LogP contribution in [0.15, 0.2) is 64.2 Å². The molecular weight excluding hydrogens is 590 g/mol. The van der Waals surface area contributed by atoms with E-state index in [1.54, 1.807) is 37.6 Å². The Kier molecular flexibility index (Phi) is 11.4. The molecule has 5 aromatic rings. The predicted molar refractivity (Wildman–Crippen MR) is 191 cm³/mol. The molecule has 4 aromatic heterocycles. The molecule has 1 aliphatic carbocycles. The number of nitrogens with one attached hydrogen (secondary N) is 2. The number of carbonyl (C=O) groups excluding carboxylic acids is 1. The van der Waals surface area contributed by atoms with Gasteiger partial charge in [-0.05, 0) is 31.0 Å². The normalized spacial score (nSPS) is 14.8. The summed E-state index contributed by atoms with van der Waals surface area (Å²) in [5, 5.41) is 8.01. The van der Waals surface area contributed by atoms with Gasteiger partial charge in [-0.3, -0.25) is 14.6 Å². The molecule has 0 spiro atoms. The number of hydrogen-bond donors (Lipinski definition) is 2. The summed E-state index contributed by atoms with van der Waals surface area (Å²) in [6, 6.07) is 11.3. The first kappa shape index (κ1) is 33.8.